The number of thiazole rings is 1. The number of aromatic nitrogens is 1. The van der Waals surface area contributed by atoms with Crippen molar-refractivity contribution in [3.63, 3.8) is 0 Å². The summed E-state index contributed by atoms with van der Waals surface area (Å²) in [6.45, 7) is 0.962. The first-order valence-electron chi connectivity index (χ1n) is 10.2. The molecule has 0 saturated carbocycles. The molecule has 0 bridgehead atoms. The molecule has 1 aromatic carbocycles. The van der Waals surface area contributed by atoms with Gasteiger partial charge in [0.1, 0.15) is 10.8 Å². The van der Waals surface area contributed by atoms with Crippen LogP contribution >= 0.6 is 11.3 Å². The molecule has 1 aliphatic heterocycles. The number of esters is 1. The Bertz CT molecular complexity index is 934. The van der Waals surface area contributed by atoms with Crippen LogP contribution < -0.4 is 4.74 Å². The molecular formula is C22H26F4N2O3S. The van der Waals surface area contributed by atoms with E-state index in [1.165, 1.54) is 24.5 Å². The predicted molar refractivity (Wildman–Crippen MR) is 113 cm³/mol. The summed E-state index contributed by atoms with van der Waals surface area (Å²) in [4.78, 5) is 19.7. The smallest absolute Gasteiger partial charge is 0.387 e. The van der Waals surface area contributed by atoms with Crippen LogP contribution in [0, 0.1) is 11.3 Å². The van der Waals surface area contributed by atoms with E-state index in [0.29, 0.717) is 30.1 Å². The van der Waals surface area contributed by atoms with Crippen molar-refractivity contribution in [1.29, 1.82) is 0 Å². The summed E-state index contributed by atoms with van der Waals surface area (Å²) < 4.78 is 62.8. The zero-order valence-corrected chi connectivity index (χ0v) is 18.9. The maximum atomic E-state index is 13.9. The number of nitrogens with zero attached hydrogens (tertiary/aromatic N) is 2. The lowest BCUT2D eigenvalue weighted by Gasteiger charge is -2.44. The molecule has 1 aromatic heterocycles. The normalized spacial score (nSPS) is 22.2. The number of rotatable bonds is 8. The number of hydrogen-bond donors (Lipinski definition) is 0. The first-order chi connectivity index (χ1) is 15.0. The van der Waals surface area contributed by atoms with E-state index in [9.17, 15) is 22.4 Å². The molecule has 1 fully saturated rings. The number of alkyl halides is 4. The van der Waals surface area contributed by atoms with Crippen molar-refractivity contribution in [2.45, 2.75) is 45.8 Å². The van der Waals surface area contributed by atoms with Gasteiger partial charge in [-0.3, -0.25) is 9.69 Å². The fourth-order valence-electron chi connectivity index (χ4n) is 4.58. The van der Waals surface area contributed by atoms with Gasteiger partial charge in [0.2, 0.25) is 5.92 Å². The molecule has 2 atom stereocenters. The topological polar surface area (TPSA) is 51.7 Å². The van der Waals surface area contributed by atoms with Gasteiger partial charge >= 0.3 is 12.6 Å². The lowest BCUT2D eigenvalue weighted by molar-refractivity contribution is -0.166. The molecule has 32 heavy (non-hydrogen) atoms. The van der Waals surface area contributed by atoms with Gasteiger partial charge in [0.15, 0.2) is 0 Å². The average Bonchev–Trinajstić information content (AvgIpc) is 3.13. The summed E-state index contributed by atoms with van der Waals surface area (Å²) in [5.41, 5.74) is -0.846. The van der Waals surface area contributed by atoms with Crippen LogP contribution in [0.2, 0.25) is 0 Å². The highest BCUT2D eigenvalue weighted by molar-refractivity contribution is 7.15. The van der Waals surface area contributed by atoms with Gasteiger partial charge in [-0.2, -0.15) is 8.78 Å². The summed E-state index contributed by atoms with van der Waals surface area (Å²) in [6.07, 6.45) is 1.37. The zero-order chi connectivity index (χ0) is 23.5. The second kappa shape index (κ2) is 9.74. The average molecular weight is 475 g/mol. The van der Waals surface area contributed by atoms with E-state index in [-0.39, 0.29) is 18.2 Å². The third-order valence-corrected chi connectivity index (χ3v) is 6.38. The molecular weight excluding hydrogens is 448 g/mol. The number of halogens is 4. The maximum Gasteiger partial charge on any atom is 0.387 e. The Morgan fingerprint density at radius 3 is 2.75 bits per heavy atom. The zero-order valence-electron chi connectivity index (χ0n) is 18.1. The van der Waals surface area contributed by atoms with E-state index in [1.807, 2.05) is 11.8 Å². The second-order valence-corrected chi connectivity index (χ2v) is 9.62. The molecule has 0 N–H and O–H groups in total. The number of piperidine rings is 1. The van der Waals surface area contributed by atoms with E-state index in [4.69, 9.17) is 4.74 Å². The minimum Gasteiger partial charge on any atom is -0.469 e. The number of methoxy groups -OCH3 is 1. The lowest BCUT2D eigenvalue weighted by Crippen LogP contribution is -2.52. The molecule has 2 unspecified atom stereocenters. The fraction of sp³-hybridized carbons (Fsp3) is 0.545. The van der Waals surface area contributed by atoms with Crippen molar-refractivity contribution < 1.29 is 31.8 Å². The van der Waals surface area contributed by atoms with Gasteiger partial charge < -0.3 is 9.47 Å². The van der Waals surface area contributed by atoms with Crippen molar-refractivity contribution in [3.8, 4) is 16.3 Å². The monoisotopic (exact) mass is 474 g/mol. The quantitative estimate of drug-likeness (QED) is 0.376. The van der Waals surface area contributed by atoms with Crippen molar-refractivity contribution in [2.24, 2.45) is 11.3 Å². The summed E-state index contributed by atoms with van der Waals surface area (Å²) in [5, 5.41) is 0.514. The summed E-state index contributed by atoms with van der Waals surface area (Å²) in [5.74, 6) is -3.59. The SMILES string of the molecule is COC(=O)C1(CC(C)(F)F)CC(C)CN(Cc2cnc(-c3ccccc3OC(F)F)s2)C1. The third kappa shape index (κ3) is 5.98. The third-order valence-electron chi connectivity index (χ3n) is 5.37. The van der Waals surface area contributed by atoms with Crippen LogP contribution in [0.5, 0.6) is 5.75 Å². The van der Waals surface area contributed by atoms with Crippen molar-refractivity contribution in [3.05, 3.63) is 35.3 Å². The highest BCUT2D eigenvalue weighted by Crippen LogP contribution is 2.43. The van der Waals surface area contributed by atoms with Crippen molar-refractivity contribution in [2.75, 3.05) is 20.2 Å². The van der Waals surface area contributed by atoms with Crippen LogP contribution in [0.4, 0.5) is 17.6 Å². The Balaban J connectivity index is 1.81. The Morgan fingerprint density at radius 1 is 1.38 bits per heavy atom. The molecule has 176 valence electrons. The summed E-state index contributed by atoms with van der Waals surface area (Å²) in [6, 6.07) is 6.40. The van der Waals surface area contributed by atoms with Crippen LogP contribution in [0.3, 0.4) is 0 Å². The van der Waals surface area contributed by atoms with E-state index >= 15 is 0 Å². The van der Waals surface area contributed by atoms with Crippen LogP contribution in [-0.4, -0.2) is 48.6 Å². The molecule has 2 heterocycles. The van der Waals surface area contributed by atoms with Crippen molar-refractivity contribution in [1.82, 2.24) is 9.88 Å². The standard InChI is InChI=1S/C22H26F4N2O3S/c1-14-8-22(19(29)30-3,12-21(2,25)26)13-28(10-14)11-15-9-27-18(32-15)16-6-4-5-7-17(16)31-20(23)24/h4-7,9,14,20H,8,10-13H2,1-3H3. The van der Waals surface area contributed by atoms with Crippen LogP contribution in [0.25, 0.3) is 10.6 Å². The molecule has 2 aromatic rings. The molecule has 3 rings (SSSR count). The number of para-hydroxylation sites is 1. The van der Waals surface area contributed by atoms with Gasteiger partial charge in [-0.15, -0.1) is 11.3 Å². The van der Waals surface area contributed by atoms with Crippen LogP contribution in [0.15, 0.2) is 30.5 Å². The first-order valence-corrected chi connectivity index (χ1v) is 11.0. The van der Waals surface area contributed by atoms with Crippen LogP contribution in [-0.2, 0) is 16.1 Å². The van der Waals surface area contributed by atoms with Gasteiger partial charge in [0, 0.05) is 37.1 Å². The molecule has 0 spiro atoms. The van der Waals surface area contributed by atoms with E-state index in [1.54, 1.807) is 24.4 Å². The Hall–Kier alpha value is -2.20. The minimum absolute atomic E-state index is 0.0118. The van der Waals surface area contributed by atoms with Gasteiger partial charge in [-0.05, 0) is 31.4 Å². The predicted octanol–water partition coefficient (Wildman–Crippen LogP) is 5.46. The van der Waals surface area contributed by atoms with E-state index < -0.39 is 30.3 Å². The van der Waals surface area contributed by atoms with E-state index in [0.717, 1.165) is 11.8 Å². The Morgan fingerprint density at radius 2 is 2.09 bits per heavy atom. The molecule has 0 amide bonds. The fourth-order valence-corrected chi connectivity index (χ4v) is 5.56. The number of benzene rings is 1. The largest absolute Gasteiger partial charge is 0.469 e. The van der Waals surface area contributed by atoms with E-state index in [2.05, 4.69) is 9.72 Å². The lowest BCUT2D eigenvalue weighted by atomic mass is 9.72. The van der Waals surface area contributed by atoms with Gasteiger partial charge in [-0.25, -0.2) is 13.8 Å². The minimum atomic E-state index is -3.01. The van der Waals surface area contributed by atoms with Gasteiger partial charge in [0.25, 0.3) is 0 Å². The molecule has 1 aliphatic rings. The highest BCUT2D eigenvalue weighted by Gasteiger charge is 2.50. The first kappa shape index (κ1) is 24.4. The molecule has 0 aliphatic carbocycles. The van der Waals surface area contributed by atoms with Crippen LogP contribution in [0.1, 0.15) is 31.6 Å². The number of likely N-dealkylation sites (tertiary alicyclic amines) is 1. The number of carbonyl (C=O) groups excluding carboxylic acids is 1. The number of hydrogen-bond acceptors (Lipinski definition) is 6. The second-order valence-electron chi connectivity index (χ2n) is 8.50. The summed E-state index contributed by atoms with van der Waals surface area (Å²) in [7, 11) is 1.22. The number of ether oxygens (including phenoxy) is 2. The molecule has 5 nitrogen and oxygen atoms in total. The highest BCUT2D eigenvalue weighted by atomic mass is 32.1. The summed E-state index contributed by atoms with van der Waals surface area (Å²) >= 11 is 1.31. The molecule has 1 saturated heterocycles. The van der Waals surface area contributed by atoms with Gasteiger partial charge in [-0.1, -0.05) is 19.1 Å². The maximum absolute atomic E-state index is 13.9. The van der Waals surface area contributed by atoms with Gasteiger partial charge in [0.05, 0.1) is 18.1 Å². The molecule has 10 heteroatoms. The van der Waals surface area contributed by atoms with Crippen molar-refractivity contribution >= 4 is 17.3 Å². The number of carbonyl (C=O) groups is 1. The Kier molecular flexibility index (Phi) is 7.44. The molecule has 0 radical (unpaired) electrons. The Labute approximate surface area is 188 Å².